The Labute approximate surface area is 162 Å². The van der Waals surface area contributed by atoms with Crippen LogP contribution in [0.25, 0.3) is 0 Å². The first-order valence-electron chi connectivity index (χ1n) is 8.81. The maximum Gasteiger partial charge on any atom is 0.248 e. The van der Waals surface area contributed by atoms with Crippen LogP contribution in [0.3, 0.4) is 0 Å². The lowest BCUT2D eigenvalue weighted by Crippen LogP contribution is -2.37. The van der Waals surface area contributed by atoms with Gasteiger partial charge in [0.05, 0.1) is 12.1 Å². The number of nitrogens with zero attached hydrogens (tertiary/aromatic N) is 2. The number of carbonyl (C=O) groups is 2. The van der Waals surface area contributed by atoms with Gasteiger partial charge in [-0.1, -0.05) is 37.3 Å². The number of anilines is 1. The van der Waals surface area contributed by atoms with Gasteiger partial charge in [-0.2, -0.15) is 5.26 Å². The highest BCUT2D eigenvalue weighted by molar-refractivity contribution is 7.16. The van der Waals surface area contributed by atoms with Crippen molar-refractivity contribution in [3.05, 3.63) is 51.9 Å². The number of aliphatic hydroxyl groups is 1. The van der Waals surface area contributed by atoms with Crippen LogP contribution in [-0.4, -0.2) is 35.0 Å². The third-order valence-electron chi connectivity index (χ3n) is 4.77. The molecule has 0 radical (unpaired) electrons. The second-order valence-electron chi connectivity index (χ2n) is 6.61. The number of nitrogens with one attached hydrogen (secondary N) is 1. The molecule has 0 saturated heterocycles. The number of amides is 2. The second-order valence-corrected chi connectivity index (χ2v) is 7.71. The minimum Gasteiger partial charge on any atom is -0.387 e. The van der Waals surface area contributed by atoms with Gasteiger partial charge in [0.25, 0.3) is 0 Å². The van der Waals surface area contributed by atoms with E-state index in [1.165, 1.54) is 11.3 Å². The molecule has 2 heterocycles. The molecule has 1 atom stereocenters. The van der Waals surface area contributed by atoms with Gasteiger partial charge in [0.2, 0.25) is 11.8 Å². The molecule has 0 bridgehead atoms. The Hall–Kier alpha value is -2.69. The summed E-state index contributed by atoms with van der Waals surface area (Å²) in [5, 5.41) is 22.0. The smallest absolute Gasteiger partial charge is 0.248 e. The summed E-state index contributed by atoms with van der Waals surface area (Å²) in [7, 11) is 0. The van der Waals surface area contributed by atoms with Gasteiger partial charge in [-0.05, 0) is 23.5 Å². The predicted octanol–water partition coefficient (Wildman–Crippen LogP) is 2.63. The zero-order valence-electron chi connectivity index (χ0n) is 15.1. The summed E-state index contributed by atoms with van der Waals surface area (Å²) in [5.41, 5.74) is 2.49. The van der Waals surface area contributed by atoms with Crippen molar-refractivity contribution in [2.45, 2.75) is 32.2 Å². The first-order valence-corrected chi connectivity index (χ1v) is 9.63. The molecule has 1 aromatic carbocycles. The largest absolute Gasteiger partial charge is 0.387 e. The number of hydrogen-bond donors (Lipinski definition) is 2. The molecule has 27 heavy (non-hydrogen) atoms. The third kappa shape index (κ3) is 4.18. The van der Waals surface area contributed by atoms with Crippen LogP contribution in [0, 0.1) is 11.3 Å². The molecule has 0 fully saturated rings. The van der Waals surface area contributed by atoms with Crippen molar-refractivity contribution in [2.24, 2.45) is 0 Å². The molecule has 2 N–H and O–H groups in total. The van der Waals surface area contributed by atoms with Crippen molar-refractivity contribution in [2.75, 3.05) is 18.5 Å². The van der Waals surface area contributed by atoms with Crippen LogP contribution in [0.4, 0.5) is 5.00 Å². The van der Waals surface area contributed by atoms with Crippen molar-refractivity contribution in [1.29, 1.82) is 5.26 Å². The highest BCUT2D eigenvalue weighted by Gasteiger charge is 2.27. The van der Waals surface area contributed by atoms with Gasteiger partial charge in [-0.25, -0.2) is 0 Å². The summed E-state index contributed by atoms with van der Waals surface area (Å²) in [6.45, 7) is 2.31. The van der Waals surface area contributed by atoms with Crippen LogP contribution in [0.1, 0.15) is 40.8 Å². The number of thiophene rings is 1. The molecule has 1 aromatic heterocycles. The molecule has 1 aliphatic heterocycles. The zero-order chi connectivity index (χ0) is 19.4. The Kier molecular flexibility index (Phi) is 5.89. The number of aliphatic hydroxyl groups excluding tert-OH is 1. The molecule has 2 aromatic rings. The van der Waals surface area contributed by atoms with E-state index in [0.29, 0.717) is 36.5 Å². The van der Waals surface area contributed by atoms with E-state index in [1.54, 1.807) is 4.90 Å². The molecule has 140 valence electrons. The molecule has 7 heteroatoms. The SMILES string of the molecule is CC(CC(=O)Nc1sc2c(c1C#N)CCN(C(=O)CO)C2)c1ccccc1. The summed E-state index contributed by atoms with van der Waals surface area (Å²) in [6.07, 6.45) is 0.878. The van der Waals surface area contributed by atoms with Crippen LogP contribution < -0.4 is 5.32 Å². The van der Waals surface area contributed by atoms with E-state index < -0.39 is 6.61 Å². The molecule has 0 saturated carbocycles. The topological polar surface area (TPSA) is 93.4 Å². The fourth-order valence-electron chi connectivity index (χ4n) is 3.28. The van der Waals surface area contributed by atoms with Crippen LogP contribution in [0.5, 0.6) is 0 Å². The van der Waals surface area contributed by atoms with E-state index in [0.717, 1.165) is 16.0 Å². The van der Waals surface area contributed by atoms with Crippen LogP contribution in [0.15, 0.2) is 30.3 Å². The Morgan fingerprint density at radius 2 is 2.11 bits per heavy atom. The fourth-order valence-corrected chi connectivity index (χ4v) is 4.51. The molecule has 0 spiro atoms. The highest BCUT2D eigenvalue weighted by Crippen LogP contribution is 2.37. The van der Waals surface area contributed by atoms with Gasteiger partial charge < -0.3 is 15.3 Å². The van der Waals surface area contributed by atoms with Crippen molar-refractivity contribution in [3.63, 3.8) is 0 Å². The molecular weight excluding hydrogens is 362 g/mol. The van der Waals surface area contributed by atoms with Crippen molar-refractivity contribution < 1.29 is 14.7 Å². The average Bonchev–Trinajstić information content (AvgIpc) is 3.03. The molecule has 2 amide bonds. The quantitative estimate of drug-likeness (QED) is 0.830. The van der Waals surface area contributed by atoms with Gasteiger partial charge in [0.1, 0.15) is 17.7 Å². The number of fused-ring (bicyclic) bond motifs is 1. The van der Waals surface area contributed by atoms with Gasteiger partial charge in [-0.3, -0.25) is 9.59 Å². The summed E-state index contributed by atoms with van der Waals surface area (Å²) in [6, 6.07) is 12.0. The predicted molar refractivity (Wildman–Crippen MR) is 103 cm³/mol. The first kappa shape index (κ1) is 19.1. The van der Waals surface area contributed by atoms with E-state index in [9.17, 15) is 14.9 Å². The Bertz CT molecular complexity index is 886. The molecule has 0 aliphatic carbocycles. The Balaban J connectivity index is 1.72. The van der Waals surface area contributed by atoms with Crippen LogP contribution in [-0.2, 0) is 22.6 Å². The van der Waals surface area contributed by atoms with Crippen molar-refractivity contribution >= 4 is 28.2 Å². The lowest BCUT2D eigenvalue weighted by atomic mass is 9.97. The van der Waals surface area contributed by atoms with E-state index in [-0.39, 0.29) is 17.7 Å². The third-order valence-corrected chi connectivity index (χ3v) is 5.90. The number of rotatable bonds is 5. The molecule has 1 unspecified atom stereocenters. The maximum atomic E-state index is 12.5. The molecule has 6 nitrogen and oxygen atoms in total. The lowest BCUT2D eigenvalue weighted by molar-refractivity contribution is -0.135. The molecular formula is C20H21N3O3S. The van der Waals surface area contributed by atoms with Crippen LogP contribution in [0.2, 0.25) is 0 Å². The number of hydrogen-bond acceptors (Lipinski definition) is 5. The second kappa shape index (κ2) is 8.33. The van der Waals surface area contributed by atoms with Crippen molar-refractivity contribution in [3.8, 4) is 6.07 Å². The van der Waals surface area contributed by atoms with E-state index in [2.05, 4.69) is 11.4 Å². The lowest BCUT2D eigenvalue weighted by Gasteiger charge is -2.26. The zero-order valence-corrected chi connectivity index (χ0v) is 15.9. The Morgan fingerprint density at radius 3 is 2.78 bits per heavy atom. The van der Waals surface area contributed by atoms with Crippen LogP contribution >= 0.6 is 11.3 Å². The summed E-state index contributed by atoms with van der Waals surface area (Å²) < 4.78 is 0. The highest BCUT2D eigenvalue weighted by atomic mass is 32.1. The van der Waals surface area contributed by atoms with Gasteiger partial charge >= 0.3 is 0 Å². The number of carbonyl (C=O) groups excluding carboxylic acids is 2. The number of benzene rings is 1. The first-order chi connectivity index (χ1) is 13.0. The average molecular weight is 383 g/mol. The number of nitriles is 1. The van der Waals surface area contributed by atoms with E-state index in [1.807, 2.05) is 37.3 Å². The molecule has 1 aliphatic rings. The van der Waals surface area contributed by atoms with E-state index >= 15 is 0 Å². The standard InChI is InChI=1S/C20H21N3O3S/c1-13(14-5-3-2-4-6-14)9-18(25)22-20-16(10-21)15-7-8-23(19(26)12-24)11-17(15)27-20/h2-6,13,24H,7-9,11-12H2,1H3,(H,22,25). The van der Waals surface area contributed by atoms with E-state index in [4.69, 9.17) is 5.11 Å². The summed E-state index contributed by atoms with van der Waals surface area (Å²) in [4.78, 5) is 26.7. The molecule has 3 rings (SSSR count). The fraction of sp³-hybridized carbons (Fsp3) is 0.350. The minimum absolute atomic E-state index is 0.0731. The normalized spacial score (nSPS) is 14.2. The Morgan fingerprint density at radius 1 is 1.37 bits per heavy atom. The summed E-state index contributed by atoms with van der Waals surface area (Å²) >= 11 is 1.34. The van der Waals surface area contributed by atoms with Gasteiger partial charge in [-0.15, -0.1) is 11.3 Å². The van der Waals surface area contributed by atoms with Gasteiger partial charge in [0, 0.05) is 17.8 Å². The monoisotopic (exact) mass is 383 g/mol. The summed E-state index contributed by atoms with van der Waals surface area (Å²) in [5.74, 6) is -0.386. The van der Waals surface area contributed by atoms with Gasteiger partial charge in [0.15, 0.2) is 0 Å². The maximum absolute atomic E-state index is 12.5. The van der Waals surface area contributed by atoms with Crippen molar-refractivity contribution in [1.82, 2.24) is 4.90 Å². The minimum atomic E-state index is -0.521.